The maximum absolute atomic E-state index is 10.6. The fraction of sp³-hybridized carbons (Fsp3) is 0.750. The fourth-order valence-electron chi connectivity index (χ4n) is 1.04. The van der Waals surface area contributed by atoms with Crippen LogP contribution in [0.4, 0.5) is 13.2 Å². The monoisotopic (exact) mass is 224 g/mol. The molecule has 0 bridgehead atoms. The second kappa shape index (κ2) is 5.56. The van der Waals surface area contributed by atoms with Crippen molar-refractivity contribution in [3.05, 3.63) is 0 Å². The van der Waals surface area contributed by atoms with Crippen LogP contribution in [0.3, 0.4) is 0 Å². The van der Waals surface area contributed by atoms with E-state index in [0.717, 1.165) is 13.0 Å². The molecule has 1 saturated heterocycles. The summed E-state index contributed by atoms with van der Waals surface area (Å²) in [6, 6.07) is 2.79. The summed E-state index contributed by atoms with van der Waals surface area (Å²) in [6.07, 6.45) is -4.06. The predicted molar refractivity (Wildman–Crippen MR) is 44.9 cm³/mol. The normalized spacial score (nSPS) is 25.0. The minimum atomic E-state index is -5.08. The maximum atomic E-state index is 10.6. The summed E-state index contributed by atoms with van der Waals surface area (Å²) in [7, 11) is 0. The van der Waals surface area contributed by atoms with Crippen LogP contribution in [0, 0.1) is 17.2 Å². The lowest BCUT2D eigenvalue weighted by molar-refractivity contribution is -0.192. The topological polar surface area (TPSA) is 73.1 Å². The van der Waals surface area contributed by atoms with E-state index in [1.165, 1.54) is 0 Å². The molecule has 0 aromatic heterocycles. The lowest BCUT2D eigenvalue weighted by atomic mass is 10.1. The highest BCUT2D eigenvalue weighted by molar-refractivity contribution is 5.73. The van der Waals surface area contributed by atoms with Crippen LogP contribution in [0.25, 0.3) is 0 Å². The smallest absolute Gasteiger partial charge is 0.475 e. The second-order valence-corrected chi connectivity index (χ2v) is 3.17. The van der Waals surface area contributed by atoms with Crippen molar-refractivity contribution in [1.82, 2.24) is 5.32 Å². The molecule has 2 N–H and O–H groups in total. The first-order valence-electron chi connectivity index (χ1n) is 4.20. The molecule has 7 heteroatoms. The average Bonchev–Trinajstić information content (AvgIpc) is 2.50. The Bertz CT molecular complexity index is 260. The first kappa shape index (κ1) is 13.7. The SMILES string of the molecule is C[C@H]1C[C@@H](C#N)CN1.O=C(O)C(F)(F)F. The van der Waals surface area contributed by atoms with E-state index >= 15 is 0 Å². The van der Waals surface area contributed by atoms with Crippen molar-refractivity contribution in [2.45, 2.75) is 25.6 Å². The molecule has 4 nitrogen and oxygen atoms in total. The number of hydrogen-bond donors (Lipinski definition) is 2. The molecule has 1 heterocycles. The summed E-state index contributed by atoms with van der Waals surface area (Å²) in [5.41, 5.74) is 0. The molecule has 0 aromatic rings. The number of carboxylic acid groups (broad SMARTS) is 1. The quantitative estimate of drug-likeness (QED) is 0.647. The number of hydrogen-bond acceptors (Lipinski definition) is 3. The molecule has 1 rings (SSSR count). The van der Waals surface area contributed by atoms with Crippen LogP contribution in [0.2, 0.25) is 0 Å². The largest absolute Gasteiger partial charge is 0.490 e. The summed E-state index contributed by atoms with van der Waals surface area (Å²) >= 11 is 0. The molecule has 1 fully saturated rings. The Balaban J connectivity index is 0.000000265. The zero-order chi connectivity index (χ0) is 12.1. The van der Waals surface area contributed by atoms with Crippen molar-refractivity contribution in [1.29, 1.82) is 5.26 Å². The van der Waals surface area contributed by atoms with Gasteiger partial charge in [0.25, 0.3) is 0 Å². The van der Waals surface area contributed by atoms with E-state index in [2.05, 4.69) is 18.3 Å². The Labute approximate surface area is 84.7 Å². The minimum absolute atomic E-state index is 0.269. The van der Waals surface area contributed by atoms with Crippen LogP contribution in [0.5, 0.6) is 0 Å². The van der Waals surface area contributed by atoms with Gasteiger partial charge in [-0.3, -0.25) is 0 Å². The number of carbonyl (C=O) groups is 1. The Morgan fingerprint density at radius 2 is 2.07 bits per heavy atom. The summed E-state index contributed by atoms with van der Waals surface area (Å²) in [6.45, 7) is 3.00. The lowest BCUT2D eigenvalue weighted by Crippen LogP contribution is -2.21. The van der Waals surface area contributed by atoms with Crippen LogP contribution < -0.4 is 5.32 Å². The number of nitrogens with one attached hydrogen (secondary N) is 1. The van der Waals surface area contributed by atoms with E-state index in [-0.39, 0.29) is 5.92 Å². The van der Waals surface area contributed by atoms with Crippen LogP contribution in [0.15, 0.2) is 0 Å². The van der Waals surface area contributed by atoms with Gasteiger partial charge < -0.3 is 10.4 Å². The van der Waals surface area contributed by atoms with E-state index in [1.54, 1.807) is 0 Å². The van der Waals surface area contributed by atoms with Gasteiger partial charge in [0.15, 0.2) is 0 Å². The van der Waals surface area contributed by atoms with Gasteiger partial charge in [-0.1, -0.05) is 0 Å². The number of rotatable bonds is 0. The van der Waals surface area contributed by atoms with E-state index in [0.29, 0.717) is 6.04 Å². The molecule has 0 aromatic carbocycles. The summed E-state index contributed by atoms with van der Waals surface area (Å²) < 4.78 is 31.7. The molecule has 15 heavy (non-hydrogen) atoms. The third-order valence-corrected chi connectivity index (χ3v) is 1.78. The van der Waals surface area contributed by atoms with Crippen LogP contribution >= 0.6 is 0 Å². The van der Waals surface area contributed by atoms with Gasteiger partial charge in [-0.15, -0.1) is 0 Å². The molecule has 0 amide bonds. The molecule has 0 spiro atoms. The highest BCUT2D eigenvalue weighted by Gasteiger charge is 2.38. The van der Waals surface area contributed by atoms with Crippen molar-refractivity contribution in [2.75, 3.05) is 6.54 Å². The highest BCUT2D eigenvalue weighted by atomic mass is 19.4. The van der Waals surface area contributed by atoms with Gasteiger partial charge in [0, 0.05) is 12.6 Å². The molecule has 86 valence electrons. The number of carboxylic acids is 1. The lowest BCUT2D eigenvalue weighted by Gasteiger charge is -1.95. The Kier molecular flexibility index (Phi) is 5.08. The molecule has 0 saturated carbocycles. The van der Waals surface area contributed by atoms with Crippen LogP contribution in [0.1, 0.15) is 13.3 Å². The van der Waals surface area contributed by atoms with Crippen molar-refractivity contribution in [2.24, 2.45) is 5.92 Å². The molecule has 0 radical (unpaired) electrons. The first-order chi connectivity index (χ1) is 6.77. The standard InChI is InChI=1S/C6H10N2.C2HF3O2/c1-5-2-6(3-7)4-8-5;3-2(4,5)1(6)7/h5-6,8H,2,4H2,1H3;(H,6,7)/t5-,6-;/m0./s1. The molecule has 0 unspecified atom stereocenters. The number of nitrogens with zero attached hydrogens (tertiary/aromatic N) is 1. The second-order valence-electron chi connectivity index (χ2n) is 3.17. The van der Waals surface area contributed by atoms with E-state index in [9.17, 15) is 13.2 Å². The number of alkyl halides is 3. The third-order valence-electron chi connectivity index (χ3n) is 1.78. The molecule has 1 aliphatic rings. The van der Waals surface area contributed by atoms with Gasteiger partial charge >= 0.3 is 12.1 Å². The zero-order valence-electron chi connectivity index (χ0n) is 8.01. The van der Waals surface area contributed by atoms with Crippen LogP contribution in [-0.2, 0) is 4.79 Å². The number of nitriles is 1. The molecule has 0 aliphatic carbocycles. The summed E-state index contributed by atoms with van der Waals surface area (Å²) in [4.78, 5) is 8.90. The zero-order valence-corrected chi connectivity index (χ0v) is 8.01. The van der Waals surface area contributed by atoms with Crippen molar-refractivity contribution in [3.63, 3.8) is 0 Å². The molecular formula is C8H11F3N2O2. The maximum Gasteiger partial charge on any atom is 0.490 e. The molecular weight excluding hydrogens is 213 g/mol. The Morgan fingerprint density at radius 3 is 2.20 bits per heavy atom. The van der Waals surface area contributed by atoms with Gasteiger partial charge in [0.1, 0.15) is 0 Å². The minimum Gasteiger partial charge on any atom is -0.475 e. The van der Waals surface area contributed by atoms with E-state index in [1.807, 2.05) is 0 Å². The summed E-state index contributed by atoms with van der Waals surface area (Å²) in [5, 5.41) is 18.7. The highest BCUT2D eigenvalue weighted by Crippen LogP contribution is 2.13. The van der Waals surface area contributed by atoms with Crippen LogP contribution in [-0.4, -0.2) is 29.8 Å². The number of halogens is 3. The van der Waals surface area contributed by atoms with Crippen molar-refractivity contribution >= 4 is 5.97 Å². The first-order valence-corrected chi connectivity index (χ1v) is 4.20. The molecule has 2 atom stereocenters. The Morgan fingerprint density at radius 1 is 1.60 bits per heavy atom. The van der Waals surface area contributed by atoms with Gasteiger partial charge in [-0.25, -0.2) is 4.79 Å². The Hall–Kier alpha value is -1.29. The third kappa shape index (κ3) is 5.91. The van der Waals surface area contributed by atoms with Gasteiger partial charge in [0.2, 0.25) is 0 Å². The van der Waals surface area contributed by atoms with E-state index in [4.69, 9.17) is 15.2 Å². The van der Waals surface area contributed by atoms with Gasteiger partial charge in [0.05, 0.1) is 12.0 Å². The van der Waals surface area contributed by atoms with Gasteiger partial charge in [-0.05, 0) is 13.3 Å². The number of aliphatic carboxylic acids is 1. The fourth-order valence-corrected chi connectivity index (χ4v) is 1.04. The average molecular weight is 224 g/mol. The van der Waals surface area contributed by atoms with Crippen molar-refractivity contribution in [3.8, 4) is 6.07 Å². The summed E-state index contributed by atoms with van der Waals surface area (Å²) in [5.74, 6) is -2.49. The molecule has 1 aliphatic heterocycles. The van der Waals surface area contributed by atoms with E-state index < -0.39 is 12.1 Å². The predicted octanol–water partition coefficient (Wildman–Crippen LogP) is 1.14. The van der Waals surface area contributed by atoms with Gasteiger partial charge in [-0.2, -0.15) is 18.4 Å². The van der Waals surface area contributed by atoms with Crippen molar-refractivity contribution < 1.29 is 23.1 Å².